The number of nitrogens with zero attached hydrogens (tertiary/aromatic N) is 3. The molecular weight excluding hydrogens is 388 g/mol. The van der Waals surface area contributed by atoms with Gasteiger partial charge in [0.05, 0.1) is 5.69 Å². The van der Waals surface area contributed by atoms with E-state index in [0.29, 0.717) is 5.01 Å². The normalized spacial score (nSPS) is 13.6. The fraction of sp³-hybridized carbons (Fsp3) is 0.0952. The molecule has 5 aromatic rings. The van der Waals surface area contributed by atoms with E-state index in [1.165, 1.54) is 11.3 Å². The van der Waals surface area contributed by atoms with Crippen LogP contribution in [0.2, 0.25) is 0 Å². The van der Waals surface area contributed by atoms with Crippen LogP contribution in [0.1, 0.15) is 17.5 Å². The van der Waals surface area contributed by atoms with Crippen LogP contribution in [-0.4, -0.2) is 25.0 Å². The first-order valence-corrected chi connectivity index (χ1v) is 10.5. The molecule has 0 radical (unpaired) electrons. The summed E-state index contributed by atoms with van der Waals surface area (Å²) in [6, 6.07) is 11.8. The predicted molar refractivity (Wildman–Crippen MR) is 113 cm³/mol. The first kappa shape index (κ1) is 17.2. The summed E-state index contributed by atoms with van der Waals surface area (Å²) < 4.78 is 0. The van der Waals surface area contributed by atoms with Crippen molar-refractivity contribution in [2.24, 2.45) is 0 Å². The van der Waals surface area contributed by atoms with Crippen molar-refractivity contribution in [1.29, 1.82) is 0 Å². The Kier molecular flexibility index (Phi) is 4.08. The van der Waals surface area contributed by atoms with Crippen LogP contribution in [0.15, 0.2) is 65.7 Å². The van der Waals surface area contributed by atoms with Gasteiger partial charge in [0.15, 0.2) is 0 Å². The maximum Gasteiger partial charge on any atom is 0.138 e. The minimum Gasteiger partial charge on any atom is -0.378 e. The summed E-state index contributed by atoms with van der Waals surface area (Å²) in [5, 5.41) is 17.6. The molecule has 138 valence electrons. The van der Waals surface area contributed by atoms with Gasteiger partial charge in [0, 0.05) is 45.9 Å². The van der Waals surface area contributed by atoms with Crippen LogP contribution in [0.25, 0.3) is 32.9 Å². The highest BCUT2D eigenvalue weighted by Gasteiger charge is 2.28. The van der Waals surface area contributed by atoms with E-state index in [4.69, 9.17) is 4.98 Å². The SMILES string of the molecule is CC(O)(c1cccc(-c2csc(-c3c[nH]c4ncccc34)n2)c1)c1nccs1. The summed E-state index contributed by atoms with van der Waals surface area (Å²) >= 11 is 3.04. The van der Waals surface area contributed by atoms with Gasteiger partial charge in [0.2, 0.25) is 0 Å². The van der Waals surface area contributed by atoms with E-state index in [0.717, 1.165) is 38.4 Å². The van der Waals surface area contributed by atoms with Crippen molar-refractivity contribution in [2.75, 3.05) is 0 Å². The number of aromatic nitrogens is 4. The van der Waals surface area contributed by atoms with Crippen molar-refractivity contribution in [3.05, 3.63) is 76.3 Å². The lowest BCUT2D eigenvalue weighted by atomic mass is 9.94. The molecule has 0 fully saturated rings. The molecule has 1 aromatic carbocycles. The maximum absolute atomic E-state index is 11.0. The zero-order chi connectivity index (χ0) is 19.1. The van der Waals surface area contributed by atoms with Crippen LogP contribution < -0.4 is 0 Å². The Morgan fingerprint density at radius 3 is 2.86 bits per heavy atom. The molecule has 5 rings (SSSR count). The number of hydrogen-bond donors (Lipinski definition) is 2. The highest BCUT2D eigenvalue weighted by molar-refractivity contribution is 7.13. The average Bonchev–Trinajstić information content (AvgIpc) is 3.48. The lowest BCUT2D eigenvalue weighted by Gasteiger charge is -2.21. The summed E-state index contributed by atoms with van der Waals surface area (Å²) in [4.78, 5) is 16.7. The summed E-state index contributed by atoms with van der Waals surface area (Å²) in [5.41, 5.74) is 3.42. The molecule has 0 spiro atoms. The topological polar surface area (TPSA) is 74.7 Å². The third-order valence-electron chi connectivity index (χ3n) is 4.75. The van der Waals surface area contributed by atoms with Crippen molar-refractivity contribution in [3.8, 4) is 21.8 Å². The molecule has 0 aliphatic carbocycles. The molecule has 2 N–H and O–H groups in total. The van der Waals surface area contributed by atoms with E-state index >= 15 is 0 Å². The number of aromatic amines is 1. The summed E-state index contributed by atoms with van der Waals surface area (Å²) in [5.74, 6) is 0. The maximum atomic E-state index is 11.0. The number of rotatable bonds is 4. The molecule has 0 aliphatic rings. The third-order valence-corrected chi connectivity index (χ3v) is 6.61. The van der Waals surface area contributed by atoms with E-state index in [2.05, 4.69) is 15.0 Å². The molecule has 4 heterocycles. The number of hydrogen-bond acceptors (Lipinski definition) is 6. The molecule has 1 atom stereocenters. The second-order valence-corrected chi connectivity index (χ2v) is 8.38. The molecule has 4 aromatic heterocycles. The summed E-state index contributed by atoms with van der Waals surface area (Å²) in [6.45, 7) is 1.77. The molecule has 28 heavy (non-hydrogen) atoms. The minimum absolute atomic E-state index is 0.676. The van der Waals surface area contributed by atoms with Crippen molar-refractivity contribution in [1.82, 2.24) is 19.9 Å². The van der Waals surface area contributed by atoms with Crippen LogP contribution in [-0.2, 0) is 5.60 Å². The highest BCUT2D eigenvalue weighted by Crippen LogP contribution is 2.35. The van der Waals surface area contributed by atoms with Crippen LogP contribution in [0.5, 0.6) is 0 Å². The third kappa shape index (κ3) is 2.84. The monoisotopic (exact) mass is 404 g/mol. The number of aliphatic hydroxyl groups is 1. The Hall–Kier alpha value is -2.87. The second-order valence-electron chi connectivity index (χ2n) is 6.63. The molecule has 0 saturated heterocycles. The van der Waals surface area contributed by atoms with Gasteiger partial charge in [0.1, 0.15) is 21.3 Å². The number of pyridine rings is 1. The zero-order valence-electron chi connectivity index (χ0n) is 15.0. The largest absolute Gasteiger partial charge is 0.378 e. The van der Waals surface area contributed by atoms with Crippen LogP contribution >= 0.6 is 22.7 Å². The van der Waals surface area contributed by atoms with Gasteiger partial charge in [-0.15, -0.1) is 22.7 Å². The number of thiazole rings is 2. The molecule has 0 saturated carbocycles. The Labute approximate surface area is 169 Å². The molecule has 0 bridgehead atoms. The number of H-pyrrole nitrogens is 1. The predicted octanol–water partition coefficient (Wildman–Crippen LogP) is 5.07. The van der Waals surface area contributed by atoms with Crippen LogP contribution in [0.4, 0.5) is 0 Å². The van der Waals surface area contributed by atoms with E-state index in [1.807, 2.05) is 53.4 Å². The first-order chi connectivity index (χ1) is 13.6. The number of nitrogens with one attached hydrogen (secondary N) is 1. The second kappa shape index (κ2) is 6.63. The van der Waals surface area contributed by atoms with Gasteiger partial charge in [-0.25, -0.2) is 15.0 Å². The zero-order valence-corrected chi connectivity index (χ0v) is 16.6. The summed E-state index contributed by atoms with van der Waals surface area (Å²) in [7, 11) is 0. The van der Waals surface area contributed by atoms with E-state index < -0.39 is 5.60 Å². The van der Waals surface area contributed by atoms with Gasteiger partial charge < -0.3 is 10.1 Å². The lowest BCUT2D eigenvalue weighted by Crippen LogP contribution is -2.22. The van der Waals surface area contributed by atoms with Crippen LogP contribution in [0.3, 0.4) is 0 Å². The van der Waals surface area contributed by atoms with Gasteiger partial charge in [-0.05, 0) is 30.7 Å². The number of fused-ring (bicyclic) bond motifs is 1. The molecule has 1 unspecified atom stereocenters. The summed E-state index contributed by atoms with van der Waals surface area (Å²) in [6.07, 6.45) is 5.43. The van der Waals surface area contributed by atoms with Gasteiger partial charge in [-0.1, -0.05) is 18.2 Å². The first-order valence-electron chi connectivity index (χ1n) is 8.74. The van der Waals surface area contributed by atoms with Gasteiger partial charge in [-0.2, -0.15) is 0 Å². The van der Waals surface area contributed by atoms with Crippen molar-refractivity contribution >= 4 is 33.7 Å². The standard InChI is InChI=1S/C21H16N4OS2/c1-21(26,20-23-8-9-27-20)14-5-2-4-13(10-14)17-12-28-19(25-17)16-11-24-18-15(16)6-3-7-22-18/h2-12,26H,1H3,(H,22,24). The van der Waals surface area contributed by atoms with E-state index in [9.17, 15) is 5.11 Å². The quantitative estimate of drug-likeness (QED) is 0.439. The molecule has 7 heteroatoms. The number of benzene rings is 1. The van der Waals surface area contributed by atoms with Gasteiger partial charge in [-0.3, -0.25) is 0 Å². The molecular formula is C21H16N4OS2. The Morgan fingerprint density at radius 2 is 2.00 bits per heavy atom. The van der Waals surface area contributed by atoms with Crippen molar-refractivity contribution in [2.45, 2.75) is 12.5 Å². The molecule has 0 aliphatic heterocycles. The van der Waals surface area contributed by atoms with Crippen molar-refractivity contribution in [3.63, 3.8) is 0 Å². The Bertz CT molecular complexity index is 1250. The van der Waals surface area contributed by atoms with E-state index in [-0.39, 0.29) is 0 Å². The van der Waals surface area contributed by atoms with Crippen LogP contribution in [0, 0.1) is 0 Å². The Balaban J connectivity index is 1.53. The lowest BCUT2D eigenvalue weighted by molar-refractivity contribution is 0.102. The molecule has 5 nitrogen and oxygen atoms in total. The smallest absolute Gasteiger partial charge is 0.138 e. The van der Waals surface area contributed by atoms with Gasteiger partial charge in [0.25, 0.3) is 0 Å². The Morgan fingerprint density at radius 1 is 1.07 bits per heavy atom. The highest BCUT2D eigenvalue weighted by atomic mass is 32.1. The van der Waals surface area contributed by atoms with Crippen molar-refractivity contribution < 1.29 is 5.11 Å². The average molecular weight is 405 g/mol. The fourth-order valence-corrected chi connectivity index (χ4v) is 4.81. The fourth-order valence-electron chi connectivity index (χ4n) is 3.23. The van der Waals surface area contributed by atoms with Gasteiger partial charge >= 0.3 is 0 Å². The molecule has 0 amide bonds. The minimum atomic E-state index is -1.13. The van der Waals surface area contributed by atoms with E-state index in [1.54, 1.807) is 30.7 Å².